The van der Waals surface area contributed by atoms with E-state index in [1.807, 2.05) is 13.0 Å². The minimum Gasteiger partial charge on any atom is -0.454 e. The van der Waals surface area contributed by atoms with Crippen LogP contribution in [0.1, 0.15) is 53.8 Å². The number of nitrogens with one attached hydrogen (secondary N) is 1. The monoisotopic (exact) mass is 469 g/mol. The molecular formula is C24H27N3O5S. The quantitative estimate of drug-likeness (QED) is 0.553. The van der Waals surface area contributed by atoms with E-state index in [-0.39, 0.29) is 34.5 Å². The Hall–Kier alpha value is -3.04. The van der Waals surface area contributed by atoms with Crippen LogP contribution in [0.5, 0.6) is 0 Å². The van der Waals surface area contributed by atoms with E-state index in [1.165, 1.54) is 28.6 Å². The predicted octanol–water partition coefficient (Wildman–Crippen LogP) is 3.54. The van der Waals surface area contributed by atoms with E-state index in [0.29, 0.717) is 10.9 Å². The number of carbonyl (C=O) groups excluding carboxylic acids is 1. The van der Waals surface area contributed by atoms with Gasteiger partial charge in [0.1, 0.15) is 12.4 Å². The molecule has 0 spiro atoms. The van der Waals surface area contributed by atoms with Crippen molar-refractivity contribution in [3.8, 4) is 0 Å². The first-order chi connectivity index (χ1) is 15.8. The minimum atomic E-state index is -3.63. The highest BCUT2D eigenvalue weighted by Crippen LogP contribution is 2.26. The number of esters is 1. The van der Waals surface area contributed by atoms with E-state index < -0.39 is 16.0 Å². The smallest absolute Gasteiger partial charge is 0.338 e. The number of hydrogen-bond acceptors (Lipinski definition) is 6. The first kappa shape index (κ1) is 23.1. The Balaban J connectivity index is 1.45. The molecule has 0 unspecified atom stereocenters. The van der Waals surface area contributed by atoms with E-state index >= 15 is 0 Å². The summed E-state index contributed by atoms with van der Waals surface area (Å²) in [5, 5.41) is 0.472. The summed E-state index contributed by atoms with van der Waals surface area (Å²) in [5.41, 5.74) is 1.32. The molecule has 174 valence electrons. The third-order valence-corrected chi connectivity index (χ3v) is 8.11. The highest BCUT2D eigenvalue weighted by Gasteiger charge is 2.29. The number of aromatic nitrogens is 2. The van der Waals surface area contributed by atoms with Crippen molar-refractivity contribution in [3.05, 3.63) is 69.8 Å². The maximum Gasteiger partial charge on any atom is 0.338 e. The van der Waals surface area contributed by atoms with Crippen LogP contribution in [0, 0.1) is 6.92 Å². The fourth-order valence-electron chi connectivity index (χ4n) is 4.21. The first-order valence-corrected chi connectivity index (χ1v) is 12.4. The van der Waals surface area contributed by atoms with Crippen molar-refractivity contribution in [2.24, 2.45) is 0 Å². The van der Waals surface area contributed by atoms with E-state index in [1.54, 1.807) is 19.2 Å². The molecule has 0 saturated heterocycles. The molecule has 0 aliphatic heterocycles. The number of para-hydroxylation sites is 1. The number of aryl methyl sites for hydroxylation is 1. The number of ether oxygens (including phenoxy) is 1. The third kappa shape index (κ3) is 4.84. The van der Waals surface area contributed by atoms with Crippen LogP contribution < -0.4 is 5.56 Å². The Bertz CT molecular complexity index is 1330. The lowest BCUT2D eigenvalue weighted by molar-refractivity contribution is 0.0462. The topological polar surface area (TPSA) is 109 Å². The van der Waals surface area contributed by atoms with Crippen LogP contribution >= 0.6 is 0 Å². The molecule has 1 N–H and O–H groups in total. The Kier molecular flexibility index (Phi) is 6.62. The molecule has 1 saturated carbocycles. The molecule has 1 fully saturated rings. The molecule has 0 radical (unpaired) electrons. The second-order valence-corrected chi connectivity index (χ2v) is 10.4. The molecule has 3 aromatic rings. The van der Waals surface area contributed by atoms with Crippen LogP contribution in [-0.4, -0.2) is 41.7 Å². The Morgan fingerprint density at radius 2 is 1.82 bits per heavy atom. The van der Waals surface area contributed by atoms with Gasteiger partial charge in [0.25, 0.3) is 5.56 Å². The molecule has 33 heavy (non-hydrogen) atoms. The Morgan fingerprint density at radius 3 is 2.52 bits per heavy atom. The molecule has 8 nitrogen and oxygen atoms in total. The second-order valence-electron chi connectivity index (χ2n) is 8.40. The summed E-state index contributed by atoms with van der Waals surface area (Å²) in [6.07, 6.45) is 4.94. The second kappa shape index (κ2) is 9.44. The average Bonchev–Trinajstić information content (AvgIpc) is 2.83. The van der Waals surface area contributed by atoms with Gasteiger partial charge in [-0.05, 0) is 55.7 Å². The summed E-state index contributed by atoms with van der Waals surface area (Å²) in [7, 11) is -2.02. The largest absolute Gasteiger partial charge is 0.454 e. The highest BCUT2D eigenvalue weighted by atomic mass is 32.2. The normalized spacial score (nSPS) is 15.1. The first-order valence-electron chi connectivity index (χ1n) is 11.0. The molecule has 1 aromatic heterocycles. The van der Waals surface area contributed by atoms with Gasteiger partial charge in [0.15, 0.2) is 0 Å². The van der Waals surface area contributed by atoms with Gasteiger partial charge >= 0.3 is 5.97 Å². The van der Waals surface area contributed by atoms with Crippen LogP contribution in [0.2, 0.25) is 0 Å². The number of hydrogen-bond donors (Lipinski definition) is 1. The number of benzene rings is 2. The van der Waals surface area contributed by atoms with Gasteiger partial charge in [0, 0.05) is 13.1 Å². The molecule has 9 heteroatoms. The SMILES string of the molecule is Cc1cccc2c(=O)[nH]c(COC(=O)c3ccc(S(=O)(=O)N(C)C4CCCCC4)cc3)nc12. The lowest BCUT2D eigenvalue weighted by Crippen LogP contribution is -2.38. The highest BCUT2D eigenvalue weighted by molar-refractivity contribution is 7.89. The summed E-state index contributed by atoms with van der Waals surface area (Å²) in [6, 6.07) is 11.0. The van der Waals surface area contributed by atoms with Gasteiger partial charge in [-0.1, -0.05) is 31.4 Å². The van der Waals surface area contributed by atoms with E-state index in [4.69, 9.17) is 4.74 Å². The number of sulfonamides is 1. The van der Waals surface area contributed by atoms with Gasteiger partial charge in [-0.25, -0.2) is 18.2 Å². The van der Waals surface area contributed by atoms with Gasteiger partial charge in [-0.3, -0.25) is 4.79 Å². The van der Waals surface area contributed by atoms with Crippen LogP contribution in [0.3, 0.4) is 0 Å². The Morgan fingerprint density at radius 1 is 1.12 bits per heavy atom. The van der Waals surface area contributed by atoms with Crippen molar-refractivity contribution >= 4 is 26.9 Å². The number of nitrogens with zero attached hydrogens (tertiary/aromatic N) is 2. The van der Waals surface area contributed by atoms with Gasteiger partial charge in [0.2, 0.25) is 10.0 Å². The van der Waals surface area contributed by atoms with E-state index in [0.717, 1.165) is 37.7 Å². The number of H-pyrrole nitrogens is 1. The lowest BCUT2D eigenvalue weighted by atomic mass is 9.96. The van der Waals surface area contributed by atoms with Crippen LogP contribution in [0.15, 0.2) is 52.2 Å². The van der Waals surface area contributed by atoms with Gasteiger partial charge in [-0.2, -0.15) is 4.31 Å². The van der Waals surface area contributed by atoms with Crippen molar-refractivity contribution < 1.29 is 17.9 Å². The molecular weight excluding hydrogens is 442 g/mol. The minimum absolute atomic E-state index is 0.00800. The van der Waals surface area contributed by atoms with Crippen molar-refractivity contribution in [2.45, 2.75) is 56.6 Å². The predicted molar refractivity (Wildman–Crippen MR) is 124 cm³/mol. The molecule has 0 amide bonds. The number of carbonyl (C=O) groups is 1. The standard InChI is InChI=1S/C24H27N3O5S/c1-16-7-6-10-20-22(16)25-21(26-23(20)28)15-32-24(29)17-11-13-19(14-12-17)33(30,31)27(2)18-8-4-3-5-9-18/h6-7,10-14,18H,3-5,8-9,15H2,1-2H3,(H,25,26,28). The average molecular weight is 470 g/mol. The summed E-state index contributed by atoms with van der Waals surface area (Å²) in [4.78, 5) is 31.9. The van der Waals surface area contributed by atoms with E-state index in [9.17, 15) is 18.0 Å². The molecule has 1 heterocycles. The maximum absolute atomic E-state index is 13.0. The number of fused-ring (bicyclic) bond motifs is 1. The zero-order valence-corrected chi connectivity index (χ0v) is 19.5. The molecule has 0 bridgehead atoms. The van der Waals surface area contributed by atoms with Gasteiger partial charge in [0.05, 0.1) is 21.4 Å². The fourth-order valence-corrected chi connectivity index (χ4v) is 5.62. The number of aromatic amines is 1. The van der Waals surface area contributed by atoms with Gasteiger partial charge in [-0.15, -0.1) is 0 Å². The van der Waals surface area contributed by atoms with Gasteiger partial charge < -0.3 is 9.72 Å². The molecule has 1 aliphatic rings. The summed E-state index contributed by atoms with van der Waals surface area (Å²) < 4.78 is 32.7. The maximum atomic E-state index is 13.0. The summed E-state index contributed by atoms with van der Waals surface area (Å²) in [5.74, 6) is -0.393. The third-order valence-electron chi connectivity index (χ3n) is 6.18. The zero-order chi connectivity index (χ0) is 23.6. The van der Waals surface area contributed by atoms with E-state index in [2.05, 4.69) is 9.97 Å². The lowest BCUT2D eigenvalue weighted by Gasteiger charge is -2.30. The van der Waals surface area contributed by atoms with Crippen molar-refractivity contribution in [3.63, 3.8) is 0 Å². The number of rotatable bonds is 6. The zero-order valence-electron chi connectivity index (χ0n) is 18.7. The molecule has 1 aliphatic carbocycles. The molecule has 2 aromatic carbocycles. The molecule has 4 rings (SSSR count). The molecule has 0 atom stereocenters. The van der Waals surface area contributed by atoms with Crippen LogP contribution in [-0.2, 0) is 21.4 Å². The van der Waals surface area contributed by atoms with Crippen molar-refractivity contribution in [2.75, 3.05) is 7.05 Å². The summed E-state index contributed by atoms with van der Waals surface area (Å²) in [6.45, 7) is 1.65. The van der Waals surface area contributed by atoms with Crippen molar-refractivity contribution in [1.29, 1.82) is 0 Å². The fraction of sp³-hybridized carbons (Fsp3) is 0.375. The van der Waals surface area contributed by atoms with Crippen LogP contribution in [0.4, 0.5) is 0 Å². The van der Waals surface area contributed by atoms with Crippen LogP contribution in [0.25, 0.3) is 10.9 Å². The summed E-state index contributed by atoms with van der Waals surface area (Å²) >= 11 is 0. The van der Waals surface area contributed by atoms with Crippen molar-refractivity contribution in [1.82, 2.24) is 14.3 Å². The Labute approximate surface area is 192 Å².